The summed E-state index contributed by atoms with van der Waals surface area (Å²) in [6.45, 7) is 1.31. The van der Waals surface area contributed by atoms with E-state index in [2.05, 4.69) is 29.2 Å². The molecule has 0 aliphatic heterocycles. The number of carbonyl (C=O) groups excluding carboxylic acids is 1. The second-order valence-electron chi connectivity index (χ2n) is 6.86. The van der Waals surface area contributed by atoms with Gasteiger partial charge in [-0.15, -0.1) is 0 Å². The van der Waals surface area contributed by atoms with E-state index in [1.165, 1.54) is 7.11 Å². The van der Waals surface area contributed by atoms with Crippen molar-refractivity contribution in [2.75, 3.05) is 12.8 Å². The zero-order valence-corrected chi connectivity index (χ0v) is 16.1. The number of benzene rings is 3. The van der Waals surface area contributed by atoms with Gasteiger partial charge in [0.15, 0.2) is 0 Å². The Kier molecular flexibility index (Phi) is 6.82. The topological polar surface area (TPSA) is 55.6 Å². The SMILES string of the molecule is COC(=O)[C@H](Cc1ccc(N)cc1)N(Cc1ccccc1)Cc1ccccc1. The molecule has 0 bridgehead atoms. The maximum atomic E-state index is 12.7. The molecule has 4 nitrogen and oxygen atoms in total. The zero-order chi connectivity index (χ0) is 19.8. The molecule has 4 heteroatoms. The predicted molar refractivity (Wildman–Crippen MR) is 112 cm³/mol. The van der Waals surface area contributed by atoms with Crippen LogP contribution in [-0.2, 0) is 29.0 Å². The first-order chi connectivity index (χ1) is 13.7. The first kappa shape index (κ1) is 19.6. The van der Waals surface area contributed by atoms with Gasteiger partial charge in [-0.2, -0.15) is 0 Å². The Morgan fingerprint density at radius 3 is 1.79 bits per heavy atom. The number of nitrogens with two attached hydrogens (primary N) is 1. The van der Waals surface area contributed by atoms with Crippen LogP contribution in [0, 0.1) is 0 Å². The summed E-state index contributed by atoms with van der Waals surface area (Å²) in [5, 5.41) is 0. The number of esters is 1. The molecule has 3 rings (SSSR count). The fraction of sp³-hybridized carbons (Fsp3) is 0.208. The van der Waals surface area contributed by atoms with Gasteiger partial charge in [0.25, 0.3) is 0 Å². The standard InChI is InChI=1S/C24H26N2O2/c1-28-24(27)23(16-19-12-14-22(25)15-13-19)26(17-20-8-4-2-5-9-20)18-21-10-6-3-7-11-21/h2-15,23H,16-18,25H2,1H3/t23-/m0/s1. The summed E-state index contributed by atoms with van der Waals surface area (Å²) < 4.78 is 5.16. The van der Waals surface area contributed by atoms with Gasteiger partial charge in [0.2, 0.25) is 0 Å². The van der Waals surface area contributed by atoms with E-state index in [1.807, 2.05) is 60.7 Å². The van der Waals surface area contributed by atoms with E-state index >= 15 is 0 Å². The van der Waals surface area contributed by atoms with E-state index in [0.29, 0.717) is 25.2 Å². The molecule has 28 heavy (non-hydrogen) atoms. The maximum Gasteiger partial charge on any atom is 0.323 e. The summed E-state index contributed by atoms with van der Waals surface area (Å²) in [6, 6.07) is 27.6. The Bertz CT molecular complexity index is 823. The van der Waals surface area contributed by atoms with Crippen LogP contribution in [0.4, 0.5) is 5.69 Å². The third-order valence-electron chi connectivity index (χ3n) is 4.78. The van der Waals surface area contributed by atoms with Crippen molar-refractivity contribution in [3.63, 3.8) is 0 Å². The Morgan fingerprint density at radius 2 is 1.32 bits per heavy atom. The molecule has 0 aliphatic carbocycles. The molecule has 0 unspecified atom stereocenters. The van der Waals surface area contributed by atoms with Crippen LogP contribution >= 0.6 is 0 Å². The number of nitrogen functional groups attached to an aromatic ring is 1. The molecule has 0 radical (unpaired) electrons. The van der Waals surface area contributed by atoms with Crippen LogP contribution in [0.5, 0.6) is 0 Å². The van der Waals surface area contributed by atoms with Crippen LogP contribution < -0.4 is 5.73 Å². The minimum absolute atomic E-state index is 0.233. The van der Waals surface area contributed by atoms with Crippen molar-refractivity contribution < 1.29 is 9.53 Å². The van der Waals surface area contributed by atoms with Crippen molar-refractivity contribution in [2.45, 2.75) is 25.6 Å². The Balaban J connectivity index is 1.89. The molecule has 1 atom stereocenters. The molecule has 0 spiro atoms. The molecule has 3 aromatic carbocycles. The van der Waals surface area contributed by atoms with Crippen LogP contribution in [0.3, 0.4) is 0 Å². The van der Waals surface area contributed by atoms with E-state index in [9.17, 15) is 4.79 Å². The van der Waals surface area contributed by atoms with Gasteiger partial charge in [0, 0.05) is 18.8 Å². The monoisotopic (exact) mass is 374 g/mol. The minimum atomic E-state index is -0.394. The molecular weight excluding hydrogens is 348 g/mol. The van der Waals surface area contributed by atoms with Gasteiger partial charge in [-0.3, -0.25) is 9.69 Å². The van der Waals surface area contributed by atoms with Crippen molar-refractivity contribution in [3.8, 4) is 0 Å². The van der Waals surface area contributed by atoms with Crippen LogP contribution in [0.25, 0.3) is 0 Å². The smallest absolute Gasteiger partial charge is 0.323 e. The number of nitrogens with zero attached hydrogens (tertiary/aromatic N) is 1. The van der Waals surface area contributed by atoms with Gasteiger partial charge >= 0.3 is 5.97 Å². The lowest BCUT2D eigenvalue weighted by Gasteiger charge is -2.30. The van der Waals surface area contributed by atoms with E-state index < -0.39 is 6.04 Å². The van der Waals surface area contributed by atoms with Crippen molar-refractivity contribution in [3.05, 3.63) is 102 Å². The number of carbonyl (C=O) groups is 1. The van der Waals surface area contributed by atoms with Crippen LogP contribution in [-0.4, -0.2) is 24.0 Å². The van der Waals surface area contributed by atoms with Gasteiger partial charge in [-0.1, -0.05) is 72.8 Å². The summed E-state index contributed by atoms with van der Waals surface area (Å²) in [5.41, 5.74) is 9.88. The molecule has 144 valence electrons. The van der Waals surface area contributed by atoms with Crippen LogP contribution in [0.15, 0.2) is 84.9 Å². The van der Waals surface area contributed by atoms with Crippen molar-refractivity contribution >= 4 is 11.7 Å². The third-order valence-corrected chi connectivity index (χ3v) is 4.78. The molecule has 0 aliphatic rings. The average Bonchev–Trinajstić information content (AvgIpc) is 2.74. The van der Waals surface area contributed by atoms with Crippen molar-refractivity contribution in [1.82, 2.24) is 4.90 Å². The highest BCUT2D eigenvalue weighted by Crippen LogP contribution is 2.19. The first-order valence-corrected chi connectivity index (χ1v) is 9.40. The Morgan fingerprint density at radius 1 is 0.821 bits per heavy atom. The van der Waals surface area contributed by atoms with Gasteiger partial charge < -0.3 is 10.5 Å². The molecule has 2 N–H and O–H groups in total. The molecule has 0 aromatic heterocycles. The van der Waals surface area contributed by atoms with Crippen molar-refractivity contribution in [2.24, 2.45) is 0 Å². The number of rotatable bonds is 8. The Hall–Kier alpha value is -3.11. The van der Waals surface area contributed by atoms with Gasteiger partial charge in [0.1, 0.15) is 6.04 Å². The lowest BCUT2D eigenvalue weighted by atomic mass is 10.0. The number of methoxy groups -OCH3 is 1. The molecule has 0 heterocycles. The summed E-state index contributed by atoms with van der Waals surface area (Å²) in [6.07, 6.45) is 0.562. The number of ether oxygens (including phenoxy) is 1. The summed E-state index contributed by atoms with van der Waals surface area (Å²) in [5.74, 6) is -0.233. The fourth-order valence-corrected chi connectivity index (χ4v) is 3.29. The zero-order valence-electron chi connectivity index (χ0n) is 16.1. The highest BCUT2D eigenvalue weighted by Gasteiger charge is 2.27. The second-order valence-corrected chi connectivity index (χ2v) is 6.86. The van der Waals surface area contributed by atoms with Crippen LogP contribution in [0.2, 0.25) is 0 Å². The van der Waals surface area contributed by atoms with Gasteiger partial charge in [0.05, 0.1) is 7.11 Å². The minimum Gasteiger partial charge on any atom is -0.468 e. The highest BCUT2D eigenvalue weighted by molar-refractivity contribution is 5.76. The fourth-order valence-electron chi connectivity index (χ4n) is 3.29. The number of anilines is 1. The predicted octanol–water partition coefficient (Wildman–Crippen LogP) is 4.06. The van der Waals surface area contributed by atoms with Crippen molar-refractivity contribution in [1.29, 1.82) is 0 Å². The number of hydrogen-bond acceptors (Lipinski definition) is 4. The highest BCUT2D eigenvalue weighted by atomic mass is 16.5. The first-order valence-electron chi connectivity index (χ1n) is 9.40. The lowest BCUT2D eigenvalue weighted by molar-refractivity contribution is -0.147. The molecule has 0 amide bonds. The third kappa shape index (κ3) is 5.44. The van der Waals surface area contributed by atoms with Crippen LogP contribution in [0.1, 0.15) is 16.7 Å². The number of hydrogen-bond donors (Lipinski definition) is 1. The molecule has 0 saturated heterocycles. The van der Waals surface area contributed by atoms with Gasteiger partial charge in [-0.05, 0) is 35.2 Å². The molecule has 0 saturated carbocycles. The largest absolute Gasteiger partial charge is 0.468 e. The van der Waals surface area contributed by atoms with E-state index in [4.69, 9.17) is 10.5 Å². The quantitative estimate of drug-likeness (QED) is 0.477. The maximum absolute atomic E-state index is 12.7. The summed E-state index contributed by atoms with van der Waals surface area (Å²) in [7, 11) is 1.45. The lowest BCUT2D eigenvalue weighted by Crippen LogP contribution is -2.42. The molecule has 3 aromatic rings. The normalized spacial score (nSPS) is 11.9. The van der Waals surface area contributed by atoms with E-state index in [0.717, 1.165) is 16.7 Å². The van der Waals surface area contributed by atoms with Gasteiger partial charge in [-0.25, -0.2) is 0 Å². The Labute approximate surface area is 166 Å². The average molecular weight is 374 g/mol. The van der Waals surface area contributed by atoms with E-state index in [1.54, 1.807) is 0 Å². The van der Waals surface area contributed by atoms with E-state index in [-0.39, 0.29) is 5.97 Å². The second kappa shape index (κ2) is 9.72. The molecule has 0 fully saturated rings. The summed E-state index contributed by atoms with van der Waals surface area (Å²) >= 11 is 0. The molecular formula is C24H26N2O2. The summed E-state index contributed by atoms with van der Waals surface area (Å²) in [4.78, 5) is 14.9.